The molecule has 0 aromatic carbocycles. The standard InChI is InChI=1S/C5H5BrClN2/c1-2-9-5(7)4(6)3-8-9/h2H2,1H3. The summed E-state index contributed by atoms with van der Waals surface area (Å²) in [6.07, 6.45) is 2.69. The van der Waals surface area contributed by atoms with Crippen LogP contribution in [0.15, 0.2) is 4.47 Å². The molecule has 0 aliphatic rings. The summed E-state index contributed by atoms with van der Waals surface area (Å²) >= 11 is 8.92. The van der Waals surface area contributed by atoms with E-state index in [4.69, 9.17) is 11.6 Å². The lowest BCUT2D eigenvalue weighted by molar-refractivity contribution is 0.659. The highest BCUT2D eigenvalue weighted by Gasteiger charge is 2.02. The minimum atomic E-state index is 0.609. The zero-order valence-electron chi connectivity index (χ0n) is 4.86. The first kappa shape index (κ1) is 7.09. The van der Waals surface area contributed by atoms with Crippen LogP contribution in [0.5, 0.6) is 0 Å². The van der Waals surface area contributed by atoms with Crippen molar-refractivity contribution in [1.29, 1.82) is 0 Å². The van der Waals surface area contributed by atoms with Gasteiger partial charge in [-0.1, -0.05) is 11.6 Å². The Morgan fingerprint density at radius 1 is 1.89 bits per heavy atom. The largest absolute Gasteiger partial charge is 0.252 e. The first-order chi connectivity index (χ1) is 4.25. The second-order valence-corrected chi connectivity index (χ2v) is 2.68. The van der Waals surface area contributed by atoms with Gasteiger partial charge in [-0.15, -0.1) is 0 Å². The fraction of sp³-hybridized carbons (Fsp3) is 0.400. The highest BCUT2D eigenvalue weighted by Crippen LogP contribution is 2.19. The van der Waals surface area contributed by atoms with Gasteiger partial charge >= 0.3 is 0 Å². The van der Waals surface area contributed by atoms with E-state index in [1.165, 1.54) is 0 Å². The van der Waals surface area contributed by atoms with Crippen molar-refractivity contribution in [3.8, 4) is 0 Å². The van der Waals surface area contributed by atoms with E-state index in [1.807, 2.05) is 6.92 Å². The molecule has 49 valence electrons. The Kier molecular flexibility index (Phi) is 2.13. The van der Waals surface area contributed by atoms with Crippen molar-refractivity contribution in [2.45, 2.75) is 13.5 Å². The monoisotopic (exact) mass is 207 g/mol. The Hall–Kier alpha value is -0.0200. The van der Waals surface area contributed by atoms with Crippen LogP contribution in [0.25, 0.3) is 0 Å². The van der Waals surface area contributed by atoms with E-state index in [9.17, 15) is 0 Å². The third-order valence-electron chi connectivity index (χ3n) is 0.976. The van der Waals surface area contributed by atoms with Gasteiger partial charge in [0, 0.05) is 6.54 Å². The Balaban J connectivity index is 3.04. The minimum Gasteiger partial charge on any atom is -0.252 e. The summed E-state index contributed by atoms with van der Waals surface area (Å²) in [6, 6.07) is 0. The number of rotatable bonds is 1. The normalized spacial score (nSPS) is 10.1. The summed E-state index contributed by atoms with van der Waals surface area (Å²) in [6.45, 7) is 2.75. The Labute approximate surface area is 66.9 Å². The van der Waals surface area contributed by atoms with Crippen LogP contribution in [0, 0.1) is 6.20 Å². The van der Waals surface area contributed by atoms with Crippen molar-refractivity contribution in [2.24, 2.45) is 0 Å². The molecule has 0 amide bonds. The van der Waals surface area contributed by atoms with Crippen molar-refractivity contribution >= 4 is 27.5 Å². The van der Waals surface area contributed by atoms with E-state index in [2.05, 4.69) is 27.2 Å². The molecule has 0 fully saturated rings. The molecule has 0 saturated carbocycles. The molecule has 1 radical (unpaired) electrons. The lowest BCUT2D eigenvalue weighted by atomic mass is 10.7. The van der Waals surface area contributed by atoms with Gasteiger partial charge in [-0.25, -0.2) is 0 Å². The van der Waals surface area contributed by atoms with Crippen molar-refractivity contribution in [3.63, 3.8) is 0 Å². The lowest BCUT2D eigenvalue weighted by Gasteiger charge is -1.93. The van der Waals surface area contributed by atoms with Gasteiger partial charge in [0.15, 0.2) is 0 Å². The van der Waals surface area contributed by atoms with Crippen LogP contribution in [0.3, 0.4) is 0 Å². The van der Waals surface area contributed by atoms with Gasteiger partial charge in [-0.2, -0.15) is 5.10 Å². The summed E-state index contributed by atoms with van der Waals surface area (Å²) in [5.41, 5.74) is 0. The molecule has 0 atom stereocenters. The molecule has 1 aromatic heterocycles. The predicted molar refractivity (Wildman–Crippen MR) is 39.4 cm³/mol. The topological polar surface area (TPSA) is 17.8 Å². The number of aryl methyl sites for hydroxylation is 1. The third kappa shape index (κ3) is 1.27. The van der Waals surface area contributed by atoms with E-state index < -0.39 is 0 Å². The molecule has 0 aliphatic heterocycles. The summed E-state index contributed by atoms with van der Waals surface area (Å²) in [7, 11) is 0. The molecule has 1 heterocycles. The van der Waals surface area contributed by atoms with Gasteiger partial charge < -0.3 is 0 Å². The SMILES string of the molecule is CCn1n[c]c(Br)c1Cl. The van der Waals surface area contributed by atoms with Gasteiger partial charge in [-0.05, 0) is 22.9 Å². The maximum Gasteiger partial charge on any atom is 0.141 e. The van der Waals surface area contributed by atoms with Crippen LogP contribution in [-0.2, 0) is 6.54 Å². The molecule has 9 heavy (non-hydrogen) atoms. The van der Waals surface area contributed by atoms with Crippen LogP contribution in [-0.4, -0.2) is 9.78 Å². The second kappa shape index (κ2) is 2.71. The second-order valence-electron chi connectivity index (χ2n) is 1.53. The summed E-state index contributed by atoms with van der Waals surface area (Å²) in [4.78, 5) is 0. The quantitative estimate of drug-likeness (QED) is 0.691. The van der Waals surface area contributed by atoms with Crippen molar-refractivity contribution in [2.75, 3.05) is 0 Å². The lowest BCUT2D eigenvalue weighted by Crippen LogP contribution is -1.94. The molecule has 0 spiro atoms. The number of aromatic nitrogens is 2. The molecule has 0 saturated heterocycles. The molecule has 0 N–H and O–H groups in total. The van der Waals surface area contributed by atoms with Crippen molar-refractivity contribution in [1.82, 2.24) is 9.78 Å². The van der Waals surface area contributed by atoms with E-state index in [1.54, 1.807) is 4.68 Å². The average Bonchev–Trinajstić information content (AvgIpc) is 2.15. The molecular formula is C5H5BrClN2. The van der Waals surface area contributed by atoms with Crippen LogP contribution < -0.4 is 0 Å². The van der Waals surface area contributed by atoms with E-state index in [0.29, 0.717) is 5.15 Å². The number of hydrogen-bond acceptors (Lipinski definition) is 1. The van der Waals surface area contributed by atoms with Gasteiger partial charge in [-0.3, -0.25) is 4.68 Å². The van der Waals surface area contributed by atoms with Crippen molar-refractivity contribution < 1.29 is 0 Å². The highest BCUT2D eigenvalue weighted by atomic mass is 79.9. The summed E-state index contributed by atoms with van der Waals surface area (Å²) in [5, 5.41) is 4.46. The van der Waals surface area contributed by atoms with Gasteiger partial charge in [0.05, 0.1) is 4.47 Å². The number of nitrogens with zero attached hydrogens (tertiary/aromatic N) is 2. The first-order valence-corrected chi connectivity index (χ1v) is 3.72. The Morgan fingerprint density at radius 3 is 2.78 bits per heavy atom. The van der Waals surface area contributed by atoms with Crippen LogP contribution in [0.1, 0.15) is 6.92 Å². The third-order valence-corrected chi connectivity index (χ3v) is 2.14. The Morgan fingerprint density at radius 2 is 2.56 bits per heavy atom. The van der Waals surface area contributed by atoms with E-state index in [0.717, 1.165) is 11.0 Å². The summed E-state index contributed by atoms with van der Waals surface area (Å²) in [5.74, 6) is 0. The molecule has 1 aromatic rings. The number of halogens is 2. The fourth-order valence-electron chi connectivity index (χ4n) is 0.517. The Bertz CT molecular complexity index is 209. The average molecular weight is 208 g/mol. The molecule has 0 aliphatic carbocycles. The van der Waals surface area contributed by atoms with Gasteiger partial charge in [0.1, 0.15) is 11.3 Å². The molecule has 1 rings (SSSR count). The predicted octanol–water partition coefficient (Wildman–Crippen LogP) is 2.12. The molecular weight excluding hydrogens is 203 g/mol. The molecule has 0 bridgehead atoms. The maximum atomic E-state index is 5.73. The van der Waals surface area contributed by atoms with E-state index >= 15 is 0 Å². The van der Waals surface area contributed by atoms with Gasteiger partial charge in [0.2, 0.25) is 0 Å². The summed E-state index contributed by atoms with van der Waals surface area (Å²) < 4.78 is 2.39. The smallest absolute Gasteiger partial charge is 0.141 e. The molecule has 2 nitrogen and oxygen atoms in total. The zero-order chi connectivity index (χ0) is 6.85. The van der Waals surface area contributed by atoms with Gasteiger partial charge in [0.25, 0.3) is 0 Å². The highest BCUT2D eigenvalue weighted by molar-refractivity contribution is 9.10. The zero-order valence-corrected chi connectivity index (χ0v) is 7.20. The van der Waals surface area contributed by atoms with Crippen LogP contribution >= 0.6 is 27.5 Å². The van der Waals surface area contributed by atoms with E-state index in [-0.39, 0.29) is 0 Å². The fourth-order valence-corrected chi connectivity index (χ4v) is 1.00. The van der Waals surface area contributed by atoms with Crippen LogP contribution in [0.4, 0.5) is 0 Å². The molecule has 4 heteroatoms. The minimum absolute atomic E-state index is 0.609. The maximum absolute atomic E-state index is 5.73. The van der Waals surface area contributed by atoms with Crippen LogP contribution in [0.2, 0.25) is 5.15 Å². The molecule has 0 unspecified atom stereocenters. The first-order valence-electron chi connectivity index (χ1n) is 2.55. The van der Waals surface area contributed by atoms with Crippen molar-refractivity contribution in [3.05, 3.63) is 15.8 Å². The number of hydrogen-bond donors (Lipinski definition) is 0.